The monoisotopic (exact) mass is 489 g/mol. The van der Waals surface area contributed by atoms with Crippen molar-refractivity contribution in [3.63, 3.8) is 0 Å². The highest BCUT2D eigenvalue weighted by Gasteiger charge is 2.15. The van der Waals surface area contributed by atoms with Gasteiger partial charge < -0.3 is 9.32 Å². The summed E-state index contributed by atoms with van der Waals surface area (Å²) in [5.41, 5.74) is 7.50. The van der Waals surface area contributed by atoms with E-state index in [4.69, 9.17) is 4.42 Å². The van der Waals surface area contributed by atoms with Crippen LogP contribution in [0.15, 0.2) is 130 Å². The van der Waals surface area contributed by atoms with E-state index in [0.29, 0.717) is 0 Å². The first kappa shape index (κ1) is 19.8. The predicted molar refractivity (Wildman–Crippen MR) is 142 cm³/mol. The minimum atomic E-state index is 0.898. The van der Waals surface area contributed by atoms with Gasteiger partial charge >= 0.3 is 0 Å². The molecule has 33 heavy (non-hydrogen) atoms. The van der Waals surface area contributed by atoms with E-state index in [-0.39, 0.29) is 0 Å². The minimum Gasteiger partial charge on any atom is -0.456 e. The lowest BCUT2D eigenvalue weighted by molar-refractivity contribution is 0.669. The van der Waals surface area contributed by atoms with Gasteiger partial charge in [-0.3, -0.25) is 0 Å². The summed E-state index contributed by atoms with van der Waals surface area (Å²) in [7, 11) is 0. The molecule has 6 rings (SSSR count). The van der Waals surface area contributed by atoms with Crippen molar-refractivity contribution < 1.29 is 4.42 Å². The number of furan rings is 1. The Balaban J connectivity index is 1.50. The minimum absolute atomic E-state index is 0.898. The van der Waals surface area contributed by atoms with Crippen molar-refractivity contribution >= 4 is 54.9 Å². The van der Waals surface area contributed by atoms with Gasteiger partial charge in [0.2, 0.25) is 0 Å². The molecule has 6 aromatic rings. The molecule has 0 aliphatic carbocycles. The van der Waals surface area contributed by atoms with Crippen molar-refractivity contribution in [1.82, 2.24) is 0 Å². The average molecular weight is 490 g/mol. The first-order chi connectivity index (χ1) is 16.3. The quantitative estimate of drug-likeness (QED) is 0.245. The standard InChI is InChI=1S/C30H20BrNO/c31-23-12-16-25(17-13-23)32(24-14-10-22(11-15-24)21-6-2-1-3-7-21)26-18-19-30-28(20-26)27-8-4-5-9-29(27)33-30/h1-20H. The topological polar surface area (TPSA) is 16.4 Å². The summed E-state index contributed by atoms with van der Waals surface area (Å²) >= 11 is 3.57. The third kappa shape index (κ3) is 3.71. The molecule has 0 N–H and O–H groups in total. The van der Waals surface area contributed by atoms with Crippen LogP contribution < -0.4 is 4.90 Å². The van der Waals surface area contributed by atoms with E-state index in [9.17, 15) is 0 Å². The highest BCUT2D eigenvalue weighted by atomic mass is 79.9. The Bertz CT molecular complexity index is 1550. The van der Waals surface area contributed by atoms with E-state index in [1.807, 2.05) is 18.2 Å². The molecule has 5 aromatic carbocycles. The summed E-state index contributed by atoms with van der Waals surface area (Å²) in [6, 6.07) is 42.2. The number of benzene rings is 5. The van der Waals surface area contributed by atoms with Crippen LogP contribution in [0.2, 0.25) is 0 Å². The normalized spacial score (nSPS) is 11.2. The van der Waals surface area contributed by atoms with Crippen LogP contribution in [0.1, 0.15) is 0 Å². The second-order valence-electron chi connectivity index (χ2n) is 8.00. The van der Waals surface area contributed by atoms with Crippen molar-refractivity contribution in [2.24, 2.45) is 0 Å². The lowest BCUT2D eigenvalue weighted by Crippen LogP contribution is -2.09. The van der Waals surface area contributed by atoms with Crippen LogP contribution in [-0.2, 0) is 0 Å². The predicted octanol–water partition coefficient (Wildman–Crippen LogP) is 9.49. The molecule has 0 fully saturated rings. The molecule has 0 bridgehead atoms. The van der Waals surface area contributed by atoms with E-state index in [0.717, 1.165) is 43.5 Å². The van der Waals surface area contributed by atoms with Gasteiger partial charge in [-0.05, 0) is 71.8 Å². The SMILES string of the molecule is Brc1ccc(N(c2ccc(-c3ccccc3)cc2)c2ccc3oc4ccccc4c3c2)cc1. The molecule has 158 valence electrons. The molecule has 0 radical (unpaired) electrons. The van der Waals surface area contributed by atoms with Crippen LogP contribution in [-0.4, -0.2) is 0 Å². The van der Waals surface area contributed by atoms with Crippen molar-refractivity contribution in [1.29, 1.82) is 0 Å². The molecule has 3 heteroatoms. The summed E-state index contributed by atoms with van der Waals surface area (Å²) in [6.45, 7) is 0. The van der Waals surface area contributed by atoms with Gasteiger partial charge in [0.25, 0.3) is 0 Å². The number of hydrogen-bond acceptors (Lipinski definition) is 2. The molecule has 0 saturated carbocycles. The fourth-order valence-corrected chi connectivity index (χ4v) is 4.59. The lowest BCUT2D eigenvalue weighted by atomic mass is 10.0. The molecular weight excluding hydrogens is 470 g/mol. The third-order valence-corrected chi connectivity index (χ3v) is 6.46. The Morgan fingerprint density at radius 2 is 1.06 bits per heavy atom. The molecule has 1 aromatic heterocycles. The van der Waals surface area contributed by atoms with Crippen LogP contribution in [0.5, 0.6) is 0 Å². The van der Waals surface area contributed by atoms with Gasteiger partial charge in [-0.25, -0.2) is 0 Å². The van der Waals surface area contributed by atoms with Gasteiger partial charge in [0.15, 0.2) is 0 Å². The van der Waals surface area contributed by atoms with E-state index in [1.54, 1.807) is 0 Å². The van der Waals surface area contributed by atoms with E-state index in [2.05, 4.69) is 124 Å². The van der Waals surface area contributed by atoms with Gasteiger partial charge in [0.05, 0.1) is 0 Å². The van der Waals surface area contributed by atoms with E-state index >= 15 is 0 Å². The highest BCUT2D eigenvalue weighted by molar-refractivity contribution is 9.10. The maximum atomic E-state index is 6.05. The van der Waals surface area contributed by atoms with Crippen molar-refractivity contribution in [3.8, 4) is 11.1 Å². The Morgan fingerprint density at radius 3 is 1.82 bits per heavy atom. The molecule has 2 nitrogen and oxygen atoms in total. The molecule has 0 unspecified atom stereocenters. The number of para-hydroxylation sites is 1. The van der Waals surface area contributed by atoms with Gasteiger partial charge in [-0.1, -0.05) is 76.6 Å². The summed E-state index contributed by atoms with van der Waals surface area (Å²) in [6.07, 6.45) is 0. The smallest absolute Gasteiger partial charge is 0.135 e. The fraction of sp³-hybridized carbons (Fsp3) is 0. The molecule has 0 saturated heterocycles. The number of fused-ring (bicyclic) bond motifs is 3. The van der Waals surface area contributed by atoms with E-state index in [1.165, 1.54) is 11.1 Å². The summed E-state index contributed by atoms with van der Waals surface area (Å²) in [5.74, 6) is 0. The Morgan fingerprint density at radius 1 is 0.485 bits per heavy atom. The van der Waals surface area contributed by atoms with Crippen LogP contribution in [0.3, 0.4) is 0 Å². The first-order valence-corrected chi connectivity index (χ1v) is 11.7. The summed E-state index contributed by atoms with van der Waals surface area (Å²) in [4.78, 5) is 2.28. The zero-order chi connectivity index (χ0) is 22.2. The van der Waals surface area contributed by atoms with Gasteiger partial charge in [-0.15, -0.1) is 0 Å². The number of halogens is 1. The van der Waals surface area contributed by atoms with Crippen LogP contribution in [0, 0.1) is 0 Å². The summed E-state index contributed by atoms with van der Waals surface area (Å²) in [5, 5.41) is 2.25. The molecule has 1 heterocycles. The zero-order valence-electron chi connectivity index (χ0n) is 17.8. The van der Waals surface area contributed by atoms with E-state index < -0.39 is 0 Å². The molecule has 0 aliphatic rings. The Hall–Kier alpha value is -3.82. The molecule has 0 aliphatic heterocycles. The summed E-state index contributed by atoms with van der Waals surface area (Å²) < 4.78 is 7.11. The van der Waals surface area contributed by atoms with Gasteiger partial charge in [0.1, 0.15) is 11.2 Å². The number of hydrogen-bond donors (Lipinski definition) is 0. The number of nitrogens with zero attached hydrogens (tertiary/aromatic N) is 1. The Kier molecular flexibility index (Phi) is 4.97. The second kappa shape index (κ2) is 8.27. The molecule has 0 amide bonds. The van der Waals surface area contributed by atoms with Crippen molar-refractivity contribution in [2.75, 3.05) is 4.90 Å². The highest BCUT2D eigenvalue weighted by Crippen LogP contribution is 2.39. The molecular formula is C30H20BrNO. The Labute approximate surface area is 200 Å². The van der Waals surface area contributed by atoms with Gasteiger partial charge in [0, 0.05) is 32.3 Å². The maximum Gasteiger partial charge on any atom is 0.135 e. The first-order valence-electron chi connectivity index (χ1n) is 10.9. The molecule has 0 atom stereocenters. The van der Waals surface area contributed by atoms with Crippen LogP contribution in [0.25, 0.3) is 33.1 Å². The van der Waals surface area contributed by atoms with Crippen molar-refractivity contribution in [3.05, 3.63) is 126 Å². The fourth-order valence-electron chi connectivity index (χ4n) is 4.32. The lowest BCUT2D eigenvalue weighted by Gasteiger charge is -2.26. The van der Waals surface area contributed by atoms with Crippen LogP contribution >= 0.6 is 15.9 Å². The molecule has 0 spiro atoms. The number of anilines is 3. The zero-order valence-corrected chi connectivity index (χ0v) is 19.4. The van der Waals surface area contributed by atoms with Gasteiger partial charge in [-0.2, -0.15) is 0 Å². The van der Waals surface area contributed by atoms with Crippen molar-refractivity contribution in [2.45, 2.75) is 0 Å². The largest absolute Gasteiger partial charge is 0.456 e. The van der Waals surface area contributed by atoms with Crippen LogP contribution in [0.4, 0.5) is 17.1 Å². The second-order valence-corrected chi connectivity index (χ2v) is 8.92. The third-order valence-electron chi connectivity index (χ3n) is 5.94. The number of rotatable bonds is 4. The average Bonchev–Trinajstić information content (AvgIpc) is 3.24. The maximum absolute atomic E-state index is 6.05.